The highest BCUT2D eigenvalue weighted by molar-refractivity contribution is 7.89. The standard InChI is InChI=1S/C14H17N5O2S/c1-11-6-8-12(9-7-11)22(20,21)19(10-15)14-5-3-2-4-13(14)17-18-16/h6-9,13-14H,2-5H2,1H3/t13-,14-/m1/s1. The molecule has 8 heteroatoms. The summed E-state index contributed by atoms with van der Waals surface area (Å²) < 4.78 is 26.2. The van der Waals surface area contributed by atoms with E-state index in [0.29, 0.717) is 12.8 Å². The van der Waals surface area contributed by atoms with Gasteiger partial charge in [-0.15, -0.1) is 0 Å². The first kappa shape index (κ1) is 16.1. The largest absolute Gasteiger partial charge is 0.272 e. The molecule has 1 saturated carbocycles. The van der Waals surface area contributed by atoms with Gasteiger partial charge in [-0.25, -0.2) is 8.42 Å². The van der Waals surface area contributed by atoms with Gasteiger partial charge in [0.15, 0.2) is 6.19 Å². The Morgan fingerprint density at radius 2 is 1.95 bits per heavy atom. The molecule has 0 radical (unpaired) electrons. The molecule has 0 aliphatic heterocycles. The van der Waals surface area contributed by atoms with Crippen molar-refractivity contribution in [1.82, 2.24) is 4.31 Å². The highest BCUT2D eigenvalue weighted by Crippen LogP contribution is 2.29. The summed E-state index contributed by atoms with van der Waals surface area (Å²) in [6.07, 6.45) is 4.56. The maximum Gasteiger partial charge on any atom is 0.272 e. The Kier molecular flexibility index (Phi) is 4.91. The molecule has 0 aromatic heterocycles. The minimum absolute atomic E-state index is 0.0740. The summed E-state index contributed by atoms with van der Waals surface area (Å²) in [6.45, 7) is 1.86. The lowest BCUT2D eigenvalue weighted by Gasteiger charge is -2.33. The van der Waals surface area contributed by atoms with Crippen molar-refractivity contribution >= 4 is 10.0 Å². The van der Waals surface area contributed by atoms with Gasteiger partial charge >= 0.3 is 0 Å². The minimum Gasteiger partial charge on any atom is -0.200 e. The lowest BCUT2D eigenvalue weighted by molar-refractivity contribution is 0.275. The second-order valence-electron chi connectivity index (χ2n) is 5.34. The number of aryl methyl sites for hydroxylation is 1. The van der Waals surface area contributed by atoms with Gasteiger partial charge in [0.05, 0.1) is 17.0 Å². The number of rotatable bonds is 4. The Balaban J connectivity index is 2.39. The number of azide groups is 1. The molecule has 1 aromatic rings. The van der Waals surface area contributed by atoms with Gasteiger partial charge in [-0.1, -0.05) is 35.7 Å². The summed E-state index contributed by atoms with van der Waals surface area (Å²) in [5, 5.41) is 13.1. The van der Waals surface area contributed by atoms with Crippen molar-refractivity contribution in [3.63, 3.8) is 0 Å². The molecular formula is C14H17N5O2S. The van der Waals surface area contributed by atoms with Crippen molar-refractivity contribution in [2.75, 3.05) is 0 Å². The van der Waals surface area contributed by atoms with E-state index in [1.165, 1.54) is 12.1 Å². The number of nitrogens with zero attached hydrogens (tertiary/aromatic N) is 5. The molecule has 2 atom stereocenters. The van der Waals surface area contributed by atoms with Crippen LogP contribution in [0.2, 0.25) is 0 Å². The maximum absolute atomic E-state index is 12.7. The van der Waals surface area contributed by atoms with Gasteiger partial charge in [0.1, 0.15) is 0 Å². The SMILES string of the molecule is Cc1ccc(S(=O)(=O)N(C#N)[C@@H]2CCCC[C@H]2N=[N+]=[N-])cc1. The first-order chi connectivity index (χ1) is 10.5. The Morgan fingerprint density at radius 1 is 1.32 bits per heavy atom. The molecule has 7 nitrogen and oxygen atoms in total. The Labute approximate surface area is 129 Å². The van der Waals surface area contributed by atoms with Crippen LogP contribution in [0, 0.1) is 18.4 Å². The summed E-state index contributed by atoms with van der Waals surface area (Å²) in [4.78, 5) is 2.86. The Morgan fingerprint density at radius 3 is 2.55 bits per heavy atom. The number of benzene rings is 1. The van der Waals surface area contributed by atoms with Crippen LogP contribution in [-0.4, -0.2) is 24.8 Å². The molecule has 0 saturated heterocycles. The zero-order valence-corrected chi connectivity index (χ0v) is 13.1. The zero-order chi connectivity index (χ0) is 16.2. The first-order valence-corrected chi connectivity index (χ1v) is 8.49. The van der Waals surface area contributed by atoms with Crippen LogP contribution in [0.25, 0.3) is 10.4 Å². The van der Waals surface area contributed by atoms with Crippen LogP contribution >= 0.6 is 0 Å². The van der Waals surface area contributed by atoms with Crippen LogP contribution in [0.1, 0.15) is 31.2 Å². The van der Waals surface area contributed by atoms with Crippen molar-refractivity contribution in [3.05, 3.63) is 40.3 Å². The molecule has 0 amide bonds. The summed E-state index contributed by atoms with van der Waals surface area (Å²) >= 11 is 0. The molecule has 116 valence electrons. The van der Waals surface area contributed by atoms with E-state index in [-0.39, 0.29) is 4.90 Å². The summed E-state index contributed by atoms with van der Waals surface area (Å²) in [5.41, 5.74) is 9.59. The molecule has 0 N–H and O–H groups in total. The predicted molar refractivity (Wildman–Crippen MR) is 81.0 cm³/mol. The molecule has 0 heterocycles. The fraction of sp³-hybridized carbons (Fsp3) is 0.500. The monoisotopic (exact) mass is 319 g/mol. The smallest absolute Gasteiger partial charge is 0.200 e. The predicted octanol–water partition coefficient (Wildman–Crippen LogP) is 3.09. The minimum atomic E-state index is -3.93. The quantitative estimate of drug-likeness (QED) is 0.279. The molecule has 1 aromatic carbocycles. The highest BCUT2D eigenvalue weighted by atomic mass is 32.2. The lowest BCUT2D eigenvalue weighted by Crippen LogP contribution is -2.45. The summed E-state index contributed by atoms with van der Waals surface area (Å²) in [7, 11) is -3.93. The number of hydrogen-bond donors (Lipinski definition) is 0. The van der Waals surface area contributed by atoms with Crippen molar-refractivity contribution in [2.24, 2.45) is 5.11 Å². The lowest BCUT2D eigenvalue weighted by atomic mass is 9.91. The fourth-order valence-electron chi connectivity index (χ4n) is 2.70. The van der Waals surface area contributed by atoms with Crippen molar-refractivity contribution < 1.29 is 8.42 Å². The van der Waals surface area contributed by atoms with Gasteiger partial charge in [0, 0.05) is 4.91 Å². The van der Waals surface area contributed by atoms with Crippen LogP contribution in [0.3, 0.4) is 0 Å². The van der Waals surface area contributed by atoms with Crippen molar-refractivity contribution in [2.45, 2.75) is 49.6 Å². The van der Waals surface area contributed by atoms with Gasteiger partial charge in [0.2, 0.25) is 0 Å². The van der Waals surface area contributed by atoms with Gasteiger partial charge < -0.3 is 0 Å². The van der Waals surface area contributed by atoms with Gasteiger partial charge in [-0.3, -0.25) is 0 Å². The third-order valence-electron chi connectivity index (χ3n) is 3.87. The molecule has 2 rings (SSSR count). The van der Waals surface area contributed by atoms with E-state index in [0.717, 1.165) is 22.7 Å². The van der Waals surface area contributed by atoms with E-state index in [1.807, 2.05) is 6.92 Å². The third kappa shape index (κ3) is 3.16. The van der Waals surface area contributed by atoms with E-state index in [2.05, 4.69) is 10.0 Å². The van der Waals surface area contributed by atoms with E-state index < -0.39 is 22.1 Å². The van der Waals surface area contributed by atoms with Crippen molar-refractivity contribution in [3.8, 4) is 6.19 Å². The molecule has 1 aliphatic rings. The second-order valence-corrected chi connectivity index (χ2v) is 7.15. The van der Waals surface area contributed by atoms with E-state index in [9.17, 15) is 13.7 Å². The number of nitriles is 1. The molecule has 1 aliphatic carbocycles. The second kappa shape index (κ2) is 6.69. The number of hydrogen-bond acceptors (Lipinski definition) is 4. The Bertz CT molecular complexity index is 717. The molecular weight excluding hydrogens is 302 g/mol. The topological polar surface area (TPSA) is 110 Å². The normalized spacial score (nSPS) is 21.5. The average molecular weight is 319 g/mol. The van der Waals surface area contributed by atoms with Gasteiger partial charge in [-0.2, -0.15) is 9.57 Å². The van der Waals surface area contributed by atoms with E-state index in [4.69, 9.17) is 5.53 Å². The van der Waals surface area contributed by atoms with Gasteiger partial charge in [-0.05, 0) is 37.4 Å². The van der Waals surface area contributed by atoms with Crippen LogP contribution in [0.4, 0.5) is 0 Å². The summed E-state index contributed by atoms with van der Waals surface area (Å²) in [5.74, 6) is 0. The zero-order valence-electron chi connectivity index (χ0n) is 12.3. The highest BCUT2D eigenvalue weighted by Gasteiger charge is 2.36. The number of sulfonamides is 1. The van der Waals surface area contributed by atoms with Crippen LogP contribution < -0.4 is 0 Å². The van der Waals surface area contributed by atoms with Crippen LogP contribution in [0.5, 0.6) is 0 Å². The van der Waals surface area contributed by atoms with Crippen molar-refractivity contribution in [1.29, 1.82) is 5.26 Å². The first-order valence-electron chi connectivity index (χ1n) is 7.05. The third-order valence-corrected chi connectivity index (χ3v) is 5.61. The van der Waals surface area contributed by atoms with E-state index in [1.54, 1.807) is 18.3 Å². The average Bonchev–Trinajstić information content (AvgIpc) is 2.50. The summed E-state index contributed by atoms with van der Waals surface area (Å²) in [6, 6.07) is 5.24. The van der Waals surface area contributed by atoms with Crippen LogP contribution in [0.15, 0.2) is 34.3 Å². The maximum atomic E-state index is 12.7. The molecule has 22 heavy (non-hydrogen) atoms. The molecule has 1 fully saturated rings. The van der Waals surface area contributed by atoms with Crippen LogP contribution in [-0.2, 0) is 10.0 Å². The van der Waals surface area contributed by atoms with Gasteiger partial charge in [0.25, 0.3) is 10.0 Å². The van der Waals surface area contributed by atoms with E-state index >= 15 is 0 Å². The molecule has 0 bridgehead atoms. The fourth-order valence-corrected chi connectivity index (χ4v) is 4.11. The molecule has 0 spiro atoms. The molecule has 0 unspecified atom stereocenters. The Hall–Kier alpha value is -2.23.